The van der Waals surface area contributed by atoms with E-state index in [4.69, 9.17) is 0 Å². The highest BCUT2D eigenvalue weighted by Crippen LogP contribution is 1.98. The van der Waals surface area contributed by atoms with Crippen molar-refractivity contribution in [1.82, 2.24) is 16.0 Å². The molecule has 0 radical (unpaired) electrons. The average Bonchev–Trinajstić information content (AvgIpc) is 2.31. The highest BCUT2D eigenvalue weighted by Gasteiger charge is 1.97. The van der Waals surface area contributed by atoms with Gasteiger partial charge in [0.1, 0.15) is 0 Å². The molecular weight excluding hydrogens is 246 g/mol. The van der Waals surface area contributed by atoms with Crippen molar-refractivity contribution >= 4 is 17.0 Å². The molecule has 0 spiro atoms. The second-order valence-corrected chi connectivity index (χ2v) is 5.80. The van der Waals surface area contributed by atoms with E-state index in [1.165, 1.54) is 31.0 Å². The highest BCUT2D eigenvalue weighted by atomic mass is 32.2. The lowest BCUT2D eigenvalue weighted by atomic mass is 10.2. The quantitative estimate of drug-likeness (QED) is 0.506. The normalized spacial score (nSPS) is 10.9. The molecule has 0 bridgehead atoms. The molecular formula is C13H29N3OS. The van der Waals surface area contributed by atoms with Gasteiger partial charge in [-0.1, -0.05) is 39.0 Å². The van der Waals surface area contributed by atoms with Crippen molar-refractivity contribution in [1.29, 1.82) is 0 Å². The summed E-state index contributed by atoms with van der Waals surface area (Å²) >= 11 is 1.33. The van der Waals surface area contributed by atoms with E-state index in [0.29, 0.717) is 6.04 Å². The largest absolute Gasteiger partial charge is 0.346 e. The van der Waals surface area contributed by atoms with Gasteiger partial charge in [0.05, 0.1) is 0 Å². The molecule has 0 saturated carbocycles. The molecule has 0 aromatic heterocycles. The fourth-order valence-electron chi connectivity index (χ4n) is 1.50. The van der Waals surface area contributed by atoms with Crippen LogP contribution in [0, 0.1) is 0 Å². The summed E-state index contributed by atoms with van der Waals surface area (Å²) in [6.45, 7) is 10.1. The first-order chi connectivity index (χ1) is 8.66. The van der Waals surface area contributed by atoms with E-state index in [1.807, 2.05) is 6.92 Å². The maximum Gasteiger partial charge on any atom is 0.279 e. The second kappa shape index (κ2) is 13.2. The van der Waals surface area contributed by atoms with E-state index in [0.717, 1.165) is 31.9 Å². The lowest BCUT2D eigenvalue weighted by Crippen LogP contribution is -2.30. The summed E-state index contributed by atoms with van der Waals surface area (Å²) in [6, 6.07) is 0.590. The molecule has 0 rings (SSSR count). The molecule has 0 atom stereocenters. The molecule has 0 heterocycles. The molecule has 0 aliphatic heterocycles. The first-order valence-electron chi connectivity index (χ1n) is 7.01. The number of thioether (sulfide) groups is 1. The van der Waals surface area contributed by atoms with E-state index in [1.54, 1.807) is 0 Å². The molecule has 3 N–H and O–H groups in total. The van der Waals surface area contributed by atoms with Gasteiger partial charge in [-0.3, -0.25) is 4.79 Å². The molecule has 108 valence electrons. The van der Waals surface area contributed by atoms with Crippen molar-refractivity contribution < 1.29 is 4.79 Å². The summed E-state index contributed by atoms with van der Waals surface area (Å²) in [6.07, 6.45) is 3.70. The third-order valence-electron chi connectivity index (χ3n) is 2.43. The topological polar surface area (TPSA) is 53.2 Å². The van der Waals surface area contributed by atoms with Crippen LogP contribution in [0.2, 0.25) is 0 Å². The Morgan fingerprint density at radius 3 is 2.44 bits per heavy atom. The van der Waals surface area contributed by atoms with Gasteiger partial charge in [-0.05, 0) is 31.7 Å². The van der Waals surface area contributed by atoms with Gasteiger partial charge in [-0.25, -0.2) is 0 Å². The predicted octanol–water partition coefficient (Wildman–Crippen LogP) is 2.21. The lowest BCUT2D eigenvalue weighted by Gasteiger charge is -2.08. The number of hydrogen-bond acceptors (Lipinski definition) is 4. The third kappa shape index (κ3) is 13.8. The van der Waals surface area contributed by atoms with Gasteiger partial charge in [0, 0.05) is 19.1 Å². The fraction of sp³-hybridized carbons (Fsp3) is 0.923. The summed E-state index contributed by atoms with van der Waals surface area (Å²) in [5.41, 5.74) is 0. The van der Waals surface area contributed by atoms with Crippen LogP contribution in [0.1, 0.15) is 40.0 Å². The third-order valence-corrected chi connectivity index (χ3v) is 3.12. The average molecular weight is 275 g/mol. The predicted molar refractivity (Wildman–Crippen MR) is 81.4 cm³/mol. The number of carbonyl (C=O) groups is 1. The smallest absolute Gasteiger partial charge is 0.279 e. The van der Waals surface area contributed by atoms with Crippen molar-refractivity contribution in [2.45, 2.75) is 46.1 Å². The van der Waals surface area contributed by atoms with Crippen molar-refractivity contribution in [3.63, 3.8) is 0 Å². The van der Waals surface area contributed by atoms with Gasteiger partial charge >= 0.3 is 0 Å². The van der Waals surface area contributed by atoms with Crippen LogP contribution < -0.4 is 16.0 Å². The van der Waals surface area contributed by atoms with Crippen LogP contribution in [-0.4, -0.2) is 43.2 Å². The highest BCUT2D eigenvalue weighted by molar-refractivity contribution is 8.13. The van der Waals surface area contributed by atoms with Crippen molar-refractivity contribution in [3.05, 3.63) is 0 Å². The minimum Gasteiger partial charge on any atom is -0.346 e. The molecule has 5 heteroatoms. The first kappa shape index (κ1) is 17.7. The molecule has 0 aromatic rings. The number of hydrogen-bond donors (Lipinski definition) is 3. The second-order valence-electron chi connectivity index (χ2n) is 4.57. The number of nitrogens with one attached hydrogen (secondary N) is 3. The molecule has 1 amide bonds. The zero-order valence-corrected chi connectivity index (χ0v) is 12.9. The molecule has 0 fully saturated rings. The Bertz CT molecular complexity index is 201. The summed E-state index contributed by atoms with van der Waals surface area (Å²) < 4.78 is 0. The van der Waals surface area contributed by atoms with E-state index < -0.39 is 0 Å². The minimum absolute atomic E-state index is 0.0825. The van der Waals surface area contributed by atoms with E-state index in [9.17, 15) is 4.79 Å². The number of rotatable bonds is 11. The summed E-state index contributed by atoms with van der Waals surface area (Å²) in [5.74, 6) is 0.837. The molecule has 0 saturated heterocycles. The van der Waals surface area contributed by atoms with Gasteiger partial charge in [-0.15, -0.1) is 0 Å². The Hall–Kier alpha value is -0.260. The minimum atomic E-state index is 0.0825. The Morgan fingerprint density at radius 1 is 1.06 bits per heavy atom. The standard InChI is InChI=1S/C13H29N3OS/c1-4-18-13(17)16-11-10-14-8-6-5-7-9-15-12(2)3/h12,14-15H,4-11H2,1-3H3,(H,16,17). The molecule has 0 unspecified atom stereocenters. The molecule has 0 aliphatic rings. The van der Waals surface area contributed by atoms with Gasteiger partial charge in [-0.2, -0.15) is 0 Å². The molecule has 18 heavy (non-hydrogen) atoms. The van der Waals surface area contributed by atoms with Crippen molar-refractivity contribution in [2.24, 2.45) is 0 Å². The van der Waals surface area contributed by atoms with Crippen molar-refractivity contribution in [2.75, 3.05) is 31.9 Å². The fourth-order valence-corrected chi connectivity index (χ4v) is 1.97. The zero-order valence-electron chi connectivity index (χ0n) is 12.1. The van der Waals surface area contributed by atoms with Gasteiger partial charge in [0.25, 0.3) is 5.24 Å². The van der Waals surface area contributed by atoms with Crippen LogP contribution in [0.15, 0.2) is 0 Å². The first-order valence-corrected chi connectivity index (χ1v) is 8.00. The van der Waals surface area contributed by atoms with Crippen LogP contribution in [0.5, 0.6) is 0 Å². The van der Waals surface area contributed by atoms with Crippen LogP contribution in [-0.2, 0) is 0 Å². The zero-order chi connectivity index (χ0) is 13.6. The van der Waals surface area contributed by atoms with E-state index in [2.05, 4.69) is 29.8 Å². The van der Waals surface area contributed by atoms with E-state index >= 15 is 0 Å². The molecule has 4 nitrogen and oxygen atoms in total. The summed E-state index contributed by atoms with van der Waals surface area (Å²) in [5, 5.41) is 9.69. The number of carbonyl (C=O) groups excluding carboxylic acids is 1. The summed E-state index contributed by atoms with van der Waals surface area (Å²) in [4.78, 5) is 11.1. The van der Waals surface area contributed by atoms with Crippen LogP contribution in [0.3, 0.4) is 0 Å². The number of unbranched alkanes of at least 4 members (excludes halogenated alkanes) is 2. The van der Waals surface area contributed by atoms with Crippen molar-refractivity contribution in [3.8, 4) is 0 Å². The monoisotopic (exact) mass is 275 g/mol. The van der Waals surface area contributed by atoms with Gasteiger partial charge in [0.15, 0.2) is 0 Å². The maximum atomic E-state index is 11.1. The van der Waals surface area contributed by atoms with Gasteiger partial charge < -0.3 is 16.0 Å². The van der Waals surface area contributed by atoms with Crippen LogP contribution >= 0.6 is 11.8 Å². The Morgan fingerprint density at radius 2 is 1.78 bits per heavy atom. The van der Waals surface area contributed by atoms with E-state index in [-0.39, 0.29) is 5.24 Å². The SMILES string of the molecule is CCSC(=O)NCCNCCCCCNC(C)C. The lowest BCUT2D eigenvalue weighted by molar-refractivity contribution is 0.260. The maximum absolute atomic E-state index is 11.1. The van der Waals surface area contributed by atoms with Crippen LogP contribution in [0.4, 0.5) is 4.79 Å². The van der Waals surface area contributed by atoms with Crippen LogP contribution in [0.25, 0.3) is 0 Å². The summed E-state index contributed by atoms with van der Waals surface area (Å²) in [7, 11) is 0. The molecule has 0 aliphatic carbocycles. The Kier molecular flexibility index (Phi) is 13.0. The van der Waals surface area contributed by atoms with Gasteiger partial charge in [0.2, 0.25) is 0 Å². The Labute approximate surface area is 116 Å². The molecule has 0 aromatic carbocycles. The number of amides is 1. The Balaban J connectivity index is 3.05.